The van der Waals surface area contributed by atoms with Crippen LogP contribution in [0.3, 0.4) is 0 Å². The Morgan fingerprint density at radius 3 is 2.55 bits per heavy atom. The number of amides is 1. The molecular weight excluding hydrogens is 565 g/mol. The number of aryl methyl sites for hydroxylation is 2. The van der Waals surface area contributed by atoms with Crippen molar-refractivity contribution in [1.82, 2.24) is 15.2 Å². The Bertz CT molecular complexity index is 1820. The van der Waals surface area contributed by atoms with Crippen LogP contribution in [0.5, 0.6) is 5.75 Å². The van der Waals surface area contributed by atoms with Crippen LogP contribution >= 0.6 is 34.4 Å². The third-order valence-electron chi connectivity index (χ3n) is 6.58. The number of thiazole rings is 1. The van der Waals surface area contributed by atoms with Crippen molar-refractivity contribution in [3.05, 3.63) is 105 Å². The van der Waals surface area contributed by atoms with Gasteiger partial charge in [-0.2, -0.15) is 0 Å². The Morgan fingerprint density at radius 1 is 1.00 bits per heavy atom. The highest BCUT2D eigenvalue weighted by Gasteiger charge is 2.46. The number of aromatic hydroxyl groups is 1. The first-order valence-corrected chi connectivity index (χ1v) is 14.9. The average molecular weight is 587 g/mol. The van der Waals surface area contributed by atoms with Crippen molar-refractivity contribution in [1.29, 1.82) is 0 Å². The second kappa shape index (κ2) is 10.5. The molecule has 0 bridgehead atoms. The normalized spacial score (nSPS) is 15.4. The molecule has 8 nitrogen and oxygen atoms in total. The molecule has 1 atom stereocenters. The van der Waals surface area contributed by atoms with E-state index >= 15 is 0 Å². The highest BCUT2D eigenvalue weighted by molar-refractivity contribution is 8.00. The molecule has 0 aliphatic carbocycles. The number of nitrogens with zero attached hydrogens (tertiary/aromatic N) is 4. The zero-order chi connectivity index (χ0) is 28.0. The molecule has 2 aromatic heterocycles. The first-order valence-electron chi connectivity index (χ1n) is 12.3. The van der Waals surface area contributed by atoms with Crippen LogP contribution < -0.4 is 4.90 Å². The molecule has 0 radical (unpaired) electrons. The lowest BCUT2D eigenvalue weighted by atomic mass is 9.95. The molecule has 1 unspecified atom stereocenters. The number of aliphatic hydroxyl groups excluding tert-OH is 1. The molecule has 0 fully saturated rings. The second-order valence-electron chi connectivity index (χ2n) is 9.19. The zero-order valence-corrected chi connectivity index (χ0v) is 23.8. The van der Waals surface area contributed by atoms with Crippen LogP contribution in [0.2, 0.25) is 0 Å². The molecule has 3 heterocycles. The monoisotopic (exact) mass is 586 g/mol. The fourth-order valence-electron chi connectivity index (χ4n) is 4.83. The van der Waals surface area contributed by atoms with E-state index in [1.807, 2.05) is 18.2 Å². The number of aliphatic hydroxyl groups is 1. The highest BCUT2D eigenvalue weighted by Crippen LogP contribution is 2.45. The van der Waals surface area contributed by atoms with Crippen LogP contribution in [-0.4, -0.2) is 37.1 Å². The Kier molecular flexibility index (Phi) is 6.87. The number of phenols is 1. The van der Waals surface area contributed by atoms with E-state index in [4.69, 9.17) is 0 Å². The van der Waals surface area contributed by atoms with Crippen molar-refractivity contribution in [2.75, 3.05) is 4.90 Å². The number of ketones is 1. The first kappa shape index (κ1) is 26.2. The lowest BCUT2D eigenvalue weighted by Gasteiger charge is -2.24. The minimum absolute atomic E-state index is 0.0310. The SMILES string of the molecule is Cc1nc(C)c(C(=O)C2=C(O)C(=O)N(c3nnc(SCc4cccc5ccccc45)s3)C2c2cccc(O)c2)s1. The van der Waals surface area contributed by atoms with Gasteiger partial charge in [0, 0.05) is 5.75 Å². The van der Waals surface area contributed by atoms with Gasteiger partial charge in [-0.1, -0.05) is 77.7 Å². The third-order valence-corrected chi connectivity index (χ3v) is 9.76. The molecule has 1 aliphatic heterocycles. The molecular formula is C29H22N4O4S3. The van der Waals surface area contributed by atoms with Crippen LogP contribution in [0, 0.1) is 13.8 Å². The van der Waals surface area contributed by atoms with Crippen molar-refractivity contribution < 1.29 is 19.8 Å². The number of aromatic nitrogens is 3. The minimum atomic E-state index is -1.00. The molecule has 11 heteroatoms. The van der Waals surface area contributed by atoms with Gasteiger partial charge in [0.15, 0.2) is 10.1 Å². The fraction of sp³-hybridized carbons (Fsp3) is 0.138. The molecule has 0 saturated carbocycles. The van der Waals surface area contributed by atoms with E-state index in [0.717, 1.165) is 16.3 Å². The second-order valence-corrected chi connectivity index (χ2v) is 12.6. The summed E-state index contributed by atoms with van der Waals surface area (Å²) in [6.45, 7) is 3.51. The van der Waals surface area contributed by atoms with E-state index in [9.17, 15) is 19.8 Å². The molecule has 1 amide bonds. The van der Waals surface area contributed by atoms with Crippen LogP contribution in [0.4, 0.5) is 5.13 Å². The number of Topliss-reactive ketones (excluding diaryl/α,β-unsaturated/α-hetero) is 1. The summed E-state index contributed by atoms with van der Waals surface area (Å²) in [5, 5.41) is 33.1. The number of thioether (sulfide) groups is 1. The molecule has 0 spiro atoms. The standard InChI is InChI=1S/C29H22N4O4S3/c1-15-26(39-16(2)30-15)24(35)22-23(18-9-6-11-20(34)13-18)33(27(37)25(22)36)28-31-32-29(40-28)38-14-19-10-5-8-17-7-3-4-12-21(17)19/h3-13,23,34,36H,14H2,1-2H3. The molecule has 3 aromatic carbocycles. The Hall–Kier alpha value is -4.06. The summed E-state index contributed by atoms with van der Waals surface area (Å²) in [6, 6.07) is 19.6. The van der Waals surface area contributed by atoms with Gasteiger partial charge in [0.1, 0.15) is 5.75 Å². The maximum atomic E-state index is 13.7. The van der Waals surface area contributed by atoms with Crippen molar-refractivity contribution in [2.45, 2.75) is 30.0 Å². The number of anilines is 1. The molecule has 200 valence electrons. The molecule has 40 heavy (non-hydrogen) atoms. The number of carbonyl (C=O) groups excluding carboxylic acids is 2. The van der Waals surface area contributed by atoms with E-state index in [1.54, 1.807) is 26.0 Å². The van der Waals surface area contributed by atoms with Crippen LogP contribution in [0.1, 0.15) is 37.5 Å². The van der Waals surface area contributed by atoms with Crippen LogP contribution in [-0.2, 0) is 10.5 Å². The van der Waals surface area contributed by atoms with Crippen LogP contribution in [0.25, 0.3) is 10.8 Å². The third kappa shape index (κ3) is 4.66. The van der Waals surface area contributed by atoms with E-state index in [0.29, 0.717) is 31.2 Å². The Morgan fingerprint density at radius 2 is 1.77 bits per heavy atom. The van der Waals surface area contributed by atoms with Gasteiger partial charge in [0.05, 0.1) is 27.2 Å². The van der Waals surface area contributed by atoms with Gasteiger partial charge in [-0.3, -0.25) is 14.5 Å². The molecule has 6 rings (SSSR count). The zero-order valence-electron chi connectivity index (χ0n) is 21.4. The number of fused-ring (bicyclic) bond motifs is 1. The predicted molar refractivity (Wildman–Crippen MR) is 157 cm³/mol. The summed E-state index contributed by atoms with van der Waals surface area (Å²) < 4.78 is 0.638. The first-order chi connectivity index (χ1) is 19.3. The topological polar surface area (TPSA) is 117 Å². The Labute approximate surface area is 241 Å². The summed E-state index contributed by atoms with van der Waals surface area (Å²) in [5.74, 6) is -1.27. The van der Waals surface area contributed by atoms with Crippen molar-refractivity contribution in [2.24, 2.45) is 0 Å². The average Bonchev–Trinajstić information content (AvgIpc) is 3.62. The predicted octanol–water partition coefficient (Wildman–Crippen LogP) is 6.55. The minimum Gasteiger partial charge on any atom is -0.508 e. The summed E-state index contributed by atoms with van der Waals surface area (Å²) in [7, 11) is 0. The molecule has 0 saturated heterocycles. The summed E-state index contributed by atoms with van der Waals surface area (Å²) in [5.41, 5.74) is 2.05. The van der Waals surface area contributed by atoms with Gasteiger partial charge in [0.25, 0.3) is 5.91 Å². The van der Waals surface area contributed by atoms with Gasteiger partial charge in [0.2, 0.25) is 10.9 Å². The number of hydrogen-bond donors (Lipinski definition) is 2. The number of rotatable bonds is 7. The smallest absolute Gasteiger partial charge is 0.296 e. The van der Waals surface area contributed by atoms with E-state index in [-0.39, 0.29) is 16.5 Å². The van der Waals surface area contributed by atoms with Crippen molar-refractivity contribution >= 4 is 62.0 Å². The van der Waals surface area contributed by atoms with Crippen LogP contribution in [0.15, 0.2) is 82.4 Å². The maximum absolute atomic E-state index is 13.7. The quantitative estimate of drug-likeness (QED) is 0.125. The maximum Gasteiger partial charge on any atom is 0.296 e. The van der Waals surface area contributed by atoms with E-state index in [1.165, 1.54) is 51.5 Å². The summed E-state index contributed by atoms with van der Waals surface area (Å²) in [4.78, 5) is 33.2. The van der Waals surface area contributed by atoms with E-state index in [2.05, 4.69) is 39.4 Å². The highest BCUT2D eigenvalue weighted by atomic mass is 32.2. The van der Waals surface area contributed by atoms with Gasteiger partial charge in [-0.05, 0) is 47.9 Å². The fourth-order valence-corrected chi connectivity index (χ4v) is 7.57. The van der Waals surface area contributed by atoms with Crippen molar-refractivity contribution in [3.8, 4) is 5.75 Å². The largest absolute Gasteiger partial charge is 0.508 e. The van der Waals surface area contributed by atoms with Crippen molar-refractivity contribution in [3.63, 3.8) is 0 Å². The molecule has 2 N–H and O–H groups in total. The lowest BCUT2D eigenvalue weighted by molar-refractivity contribution is -0.117. The van der Waals surface area contributed by atoms with Gasteiger partial charge in [-0.25, -0.2) is 4.98 Å². The number of phenolic OH excluding ortho intramolecular Hbond substituents is 1. The van der Waals surface area contributed by atoms with Gasteiger partial charge < -0.3 is 10.2 Å². The summed E-state index contributed by atoms with van der Waals surface area (Å²) >= 11 is 3.91. The molecule has 5 aromatic rings. The lowest BCUT2D eigenvalue weighted by Crippen LogP contribution is -2.31. The number of carbonyl (C=O) groups is 2. The van der Waals surface area contributed by atoms with Gasteiger partial charge >= 0.3 is 0 Å². The Balaban J connectivity index is 1.35. The number of benzene rings is 3. The molecule has 1 aliphatic rings. The summed E-state index contributed by atoms with van der Waals surface area (Å²) in [6.07, 6.45) is 0. The number of hydrogen-bond acceptors (Lipinski definition) is 10. The van der Waals surface area contributed by atoms with E-state index < -0.39 is 23.5 Å². The van der Waals surface area contributed by atoms with Gasteiger partial charge in [-0.15, -0.1) is 21.5 Å².